The van der Waals surface area contributed by atoms with E-state index in [2.05, 4.69) is 165 Å². The second-order valence-corrected chi connectivity index (χ2v) is 24.7. The van der Waals surface area contributed by atoms with Gasteiger partial charge in [-0.15, -0.1) is 0 Å². The Balaban J connectivity index is 0.000000382. The van der Waals surface area contributed by atoms with E-state index in [4.69, 9.17) is 0 Å². The molecule has 0 amide bonds. The summed E-state index contributed by atoms with van der Waals surface area (Å²) in [7, 11) is 0. The Labute approximate surface area is 386 Å². The van der Waals surface area contributed by atoms with Gasteiger partial charge in [0.1, 0.15) is 0 Å². The summed E-state index contributed by atoms with van der Waals surface area (Å²) in [6.45, 7) is 58.1. The number of hydrogen-bond acceptors (Lipinski definition) is 5. The van der Waals surface area contributed by atoms with Gasteiger partial charge in [0.2, 0.25) is 0 Å². The maximum Gasteiger partial charge on any atom is 0.00933 e. The standard InChI is InChI=1S/2C12H25N.2C11H23N.C10H21N/c1-9(2)11-5-6-13-8-12(7-11)10(3)4;1-9(2)11-5-6-12(10(3)4)8-13-7-11;1-8(2)10-5-11(9(3)4)7-12-6-10;1-9(2)11(10(3)4)5-7-12-8-6-11;1-7(2)9-5-10(8(3)4)11-6-9/h2*9-13H,5-8H2,1-4H3;8-12H,5-7H2,1-4H3;9-10,12H,5-8H2,1-4H3;7-11H,5-6H2,1-4H3. The molecule has 0 bridgehead atoms. The fraction of sp³-hybridized carbons (Fsp3) is 1.00. The SMILES string of the molecule is CC(C)C1(C(C)C)CCNCC1.CC(C)C1CCC(C(C)C)CNC1.CC(C)C1CCNCC(C(C)C)C1.CC(C)C1CNC(C(C)C)C1.CC(C)C1CNCC(C(C)C)C1. The van der Waals surface area contributed by atoms with Crippen LogP contribution in [0.4, 0.5) is 0 Å². The molecule has 5 heterocycles. The molecule has 5 aliphatic heterocycles. The fourth-order valence-electron chi connectivity index (χ4n) is 11.1. The van der Waals surface area contributed by atoms with Gasteiger partial charge in [0.15, 0.2) is 0 Å². The van der Waals surface area contributed by atoms with E-state index in [0.29, 0.717) is 5.41 Å². The first-order chi connectivity index (χ1) is 28.5. The molecule has 366 valence electrons. The summed E-state index contributed by atoms with van der Waals surface area (Å²) in [5.41, 5.74) is 0.616. The second kappa shape index (κ2) is 30.9. The minimum absolute atomic E-state index is 0.616. The lowest BCUT2D eigenvalue weighted by Gasteiger charge is -2.44. The molecule has 5 aliphatic rings. The van der Waals surface area contributed by atoms with Crippen LogP contribution in [0.15, 0.2) is 0 Å². The van der Waals surface area contributed by atoms with Gasteiger partial charge in [0.25, 0.3) is 0 Å². The van der Waals surface area contributed by atoms with Crippen molar-refractivity contribution in [3.8, 4) is 0 Å². The van der Waals surface area contributed by atoms with E-state index in [1.54, 1.807) is 0 Å². The molecule has 61 heavy (non-hydrogen) atoms. The van der Waals surface area contributed by atoms with E-state index >= 15 is 0 Å². The zero-order chi connectivity index (χ0) is 46.4. The molecule has 5 saturated heterocycles. The zero-order valence-electron chi connectivity index (χ0n) is 45.4. The third kappa shape index (κ3) is 22.2. The summed E-state index contributed by atoms with van der Waals surface area (Å²) < 4.78 is 0. The molecule has 5 heteroatoms. The van der Waals surface area contributed by atoms with Crippen molar-refractivity contribution in [1.29, 1.82) is 0 Å². The lowest BCUT2D eigenvalue weighted by molar-refractivity contribution is 0.0671. The van der Waals surface area contributed by atoms with Crippen molar-refractivity contribution >= 4 is 0 Å². The van der Waals surface area contributed by atoms with Gasteiger partial charge in [-0.25, -0.2) is 0 Å². The van der Waals surface area contributed by atoms with E-state index in [1.165, 1.54) is 110 Å². The molecule has 5 N–H and O–H groups in total. The molecular weight excluding hydrogens is 743 g/mol. The maximum atomic E-state index is 3.61. The summed E-state index contributed by atoms with van der Waals surface area (Å²) in [6.07, 6.45) is 11.2. The molecule has 0 aromatic carbocycles. The average Bonchev–Trinajstić information content (AvgIpc) is 3.39. The van der Waals surface area contributed by atoms with Crippen molar-refractivity contribution in [1.82, 2.24) is 26.6 Å². The molecule has 5 nitrogen and oxygen atoms in total. The Hall–Kier alpha value is -0.200. The molecular formula is C56H117N5. The topological polar surface area (TPSA) is 60.1 Å². The quantitative estimate of drug-likeness (QED) is 0.152. The number of rotatable bonds is 10. The van der Waals surface area contributed by atoms with Crippen molar-refractivity contribution in [3.05, 3.63) is 0 Å². The van der Waals surface area contributed by atoms with Gasteiger partial charge in [0.05, 0.1) is 0 Å². The molecule has 0 aliphatic carbocycles. The van der Waals surface area contributed by atoms with Crippen LogP contribution >= 0.6 is 0 Å². The molecule has 0 spiro atoms. The highest BCUT2D eigenvalue weighted by molar-refractivity contribution is 4.89. The smallest absolute Gasteiger partial charge is 0.00933 e. The predicted molar refractivity (Wildman–Crippen MR) is 275 cm³/mol. The van der Waals surface area contributed by atoms with Crippen LogP contribution in [0.5, 0.6) is 0 Å². The van der Waals surface area contributed by atoms with Crippen molar-refractivity contribution in [2.75, 3.05) is 58.9 Å². The third-order valence-corrected chi connectivity index (χ3v) is 17.3. The fourth-order valence-corrected chi connectivity index (χ4v) is 11.1. The molecule has 8 unspecified atom stereocenters. The first-order valence-electron chi connectivity index (χ1n) is 27.1. The molecule has 0 saturated carbocycles. The Bertz CT molecular complexity index is 970. The van der Waals surface area contributed by atoms with Crippen molar-refractivity contribution in [2.45, 2.75) is 196 Å². The van der Waals surface area contributed by atoms with Crippen LogP contribution in [0, 0.1) is 106 Å². The number of piperidine rings is 2. The van der Waals surface area contributed by atoms with Crippen LogP contribution < -0.4 is 26.6 Å². The van der Waals surface area contributed by atoms with E-state index < -0.39 is 0 Å². The predicted octanol–water partition coefficient (Wildman–Crippen LogP) is 13.3. The van der Waals surface area contributed by atoms with Gasteiger partial charge in [-0.05, 0) is 216 Å². The maximum absolute atomic E-state index is 3.61. The molecule has 5 fully saturated rings. The molecule has 0 radical (unpaired) electrons. The van der Waals surface area contributed by atoms with Gasteiger partial charge in [-0.1, -0.05) is 138 Å². The van der Waals surface area contributed by atoms with Gasteiger partial charge in [0, 0.05) is 6.04 Å². The second-order valence-electron chi connectivity index (χ2n) is 24.7. The van der Waals surface area contributed by atoms with Gasteiger partial charge in [-0.3, -0.25) is 0 Å². The normalized spacial score (nSPS) is 29.8. The van der Waals surface area contributed by atoms with Gasteiger partial charge in [-0.2, -0.15) is 0 Å². The monoisotopic (exact) mass is 860 g/mol. The van der Waals surface area contributed by atoms with Crippen LogP contribution in [0.25, 0.3) is 0 Å². The lowest BCUT2D eigenvalue weighted by atomic mass is 9.63. The summed E-state index contributed by atoms with van der Waals surface area (Å²) in [4.78, 5) is 0. The minimum atomic E-state index is 0.616. The van der Waals surface area contributed by atoms with Crippen LogP contribution in [-0.2, 0) is 0 Å². The summed E-state index contributed by atoms with van der Waals surface area (Å²) in [5.74, 6) is 14.8. The lowest BCUT2D eigenvalue weighted by Crippen LogP contribution is -2.43. The molecule has 8 atom stereocenters. The van der Waals surface area contributed by atoms with Crippen LogP contribution in [0.2, 0.25) is 0 Å². The van der Waals surface area contributed by atoms with E-state index in [0.717, 1.165) is 107 Å². The summed E-state index contributed by atoms with van der Waals surface area (Å²) in [5, 5.41) is 17.8. The van der Waals surface area contributed by atoms with E-state index in [-0.39, 0.29) is 0 Å². The Kier molecular flexibility index (Phi) is 29.8. The zero-order valence-corrected chi connectivity index (χ0v) is 45.4. The number of hydrogen-bond donors (Lipinski definition) is 5. The van der Waals surface area contributed by atoms with Crippen molar-refractivity contribution in [3.63, 3.8) is 0 Å². The highest BCUT2D eigenvalue weighted by Crippen LogP contribution is 2.43. The summed E-state index contributed by atoms with van der Waals surface area (Å²) in [6, 6.07) is 0.780. The Morgan fingerprint density at radius 1 is 0.311 bits per heavy atom. The van der Waals surface area contributed by atoms with Gasteiger partial charge >= 0.3 is 0 Å². The Morgan fingerprint density at radius 2 is 0.656 bits per heavy atom. The van der Waals surface area contributed by atoms with Crippen LogP contribution in [0.1, 0.15) is 190 Å². The average molecular weight is 861 g/mol. The highest BCUT2D eigenvalue weighted by atomic mass is 15.0. The summed E-state index contributed by atoms with van der Waals surface area (Å²) >= 11 is 0. The molecule has 5 rings (SSSR count). The van der Waals surface area contributed by atoms with Gasteiger partial charge < -0.3 is 26.6 Å². The first kappa shape index (κ1) is 58.8. The van der Waals surface area contributed by atoms with E-state index in [1.807, 2.05) is 0 Å². The van der Waals surface area contributed by atoms with E-state index in [9.17, 15) is 0 Å². The highest BCUT2D eigenvalue weighted by Gasteiger charge is 2.37. The van der Waals surface area contributed by atoms with Crippen molar-refractivity contribution < 1.29 is 0 Å². The first-order valence-corrected chi connectivity index (χ1v) is 27.1. The molecule has 0 aromatic rings. The Morgan fingerprint density at radius 3 is 0.967 bits per heavy atom. The molecule has 0 aromatic heterocycles. The van der Waals surface area contributed by atoms with Crippen LogP contribution in [-0.4, -0.2) is 64.9 Å². The minimum Gasteiger partial charge on any atom is -0.317 e. The largest absolute Gasteiger partial charge is 0.317 e. The third-order valence-electron chi connectivity index (χ3n) is 17.3. The van der Waals surface area contributed by atoms with Crippen LogP contribution in [0.3, 0.4) is 0 Å². The number of nitrogens with one attached hydrogen (secondary N) is 5. The van der Waals surface area contributed by atoms with Crippen molar-refractivity contribution in [2.24, 2.45) is 106 Å².